The largest absolute Gasteiger partial charge is 0.477 e. The van der Waals surface area contributed by atoms with E-state index < -0.39 is 13.4 Å². The minimum absolute atomic E-state index is 0.291. The third-order valence-electron chi connectivity index (χ3n) is 4.25. The number of aryl methyl sites for hydroxylation is 1. The molecule has 0 aliphatic heterocycles. The van der Waals surface area contributed by atoms with Crippen LogP contribution in [0.4, 0.5) is 0 Å². The number of hydrogen-bond acceptors (Lipinski definition) is 4. The molecule has 0 amide bonds. The zero-order valence-electron chi connectivity index (χ0n) is 16.0. The summed E-state index contributed by atoms with van der Waals surface area (Å²) in [5.41, 5.74) is 3.03. The van der Waals surface area contributed by atoms with Crippen LogP contribution in [0, 0.1) is 6.92 Å². The molecule has 1 unspecified atom stereocenters. The first-order chi connectivity index (χ1) is 13.1. The Morgan fingerprint density at radius 1 is 1.00 bits per heavy atom. The maximum atomic E-state index is 13.5. The van der Waals surface area contributed by atoms with Crippen molar-refractivity contribution >= 4 is 18.5 Å². The lowest BCUT2D eigenvalue weighted by Gasteiger charge is -2.27. The van der Waals surface area contributed by atoms with Gasteiger partial charge in [-0.1, -0.05) is 36.4 Å². The number of ether oxygens (including phenoxy) is 1. The van der Waals surface area contributed by atoms with Crippen molar-refractivity contribution in [2.45, 2.75) is 33.0 Å². The fourth-order valence-corrected chi connectivity index (χ4v) is 4.92. The third kappa shape index (κ3) is 4.62. The molecule has 3 aromatic rings. The first kappa shape index (κ1) is 19.7. The molecule has 1 atom stereocenters. The Bertz CT molecular complexity index is 912. The summed E-state index contributed by atoms with van der Waals surface area (Å²) in [5.74, 6) is -0.0713. The number of aromatic nitrogens is 1. The maximum absolute atomic E-state index is 13.5. The molecule has 2 aromatic carbocycles. The lowest BCUT2D eigenvalue weighted by Crippen LogP contribution is -2.23. The maximum Gasteiger partial charge on any atom is 0.371 e. The van der Waals surface area contributed by atoms with E-state index in [1.165, 1.54) is 0 Å². The molecule has 0 aliphatic carbocycles. The summed E-state index contributed by atoms with van der Waals surface area (Å²) >= 11 is 0. The first-order valence-electron chi connectivity index (χ1n) is 9.23. The summed E-state index contributed by atoms with van der Waals surface area (Å²) in [6.07, 6.45) is 0.428. The Morgan fingerprint density at radius 3 is 2.37 bits per heavy atom. The molecule has 0 radical (unpaired) electrons. The number of aromatic amines is 1. The van der Waals surface area contributed by atoms with Crippen LogP contribution >= 0.6 is 7.60 Å². The van der Waals surface area contributed by atoms with Gasteiger partial charge in [0, 0.05) is 23.0 Å². The van der Waals surface area contributed by atoms with Gasteiger partial charge < -0.3 is 18.8 Å². The molecular weight excluding hydrogens is 361 g/mol. The molecule has 1 heterocycles. The van der Waals surface area contributed by atoms with Crippen LogP contribution in [0.25, 0.3) is 10.9 Å². The van der Waals surface area contributed by atoms with Crippen LogP contribution in [0.3, 0.4) is 0 Å². The Hall–Kier alpha value is -2.07. The molecule has 0 spiro atoms. The summed E-state index contributed by atoms with van der Waals surface area (Å²) in [4.78, 5) is 3.30. The van der Waals surface area contributed by atoms with Crippen LogP contribution in [0.2, 0.25) is 0 Å². The summed E-state index contributed by atoms with van der Waals surface area (Å²) in [6.45, 7) is 6.19. The highest BCUT2D eigenvalue weighted by Gasteiger charge is 2.38. The van der Waals surface area contributed by atoms with Crippen molar-refractivity contribution < 1.29 is 18.3 Å². The average Bonchev–Trinajstić information content (AvgIpc) is 3.04. The van der Waals surface area contributed by atoms with Crippen LogP contribution in [0.1, 0.15) is 25.1 Å². The monoisotopic (exact) mass is 387 g/mol. The number of nitrogens with one attached hydrogen (secondary N) is 1. The predicted octanol–water partition coefficient (Wildman–Crippen LogP) is 5.69. The van der Waals surface area contributed by atoms with Gasteiger partial charge in [-0.05, 0) is 44.5 Å². The number of fused-ring (bicyclic) bond motifs is 1. The molecule has 1 aromatic heterocycles. The first-order valence-corrected chi connectivity index (χ1v) is 10.8. The Balaban J connectivity index is 1.98. The predicted molar refractivity (Wildman–Crippen MR) is 108 cm³/mol. The molecule has 0 aliphatic rings. The van der Waals surface area contributed by atoms with E-state index in [0.717, 1.165) is 22.2 Å². The van der Waals surface area contributed by atoms with Gasteiger partial charge >= 0.3 is 7.60 Å². The van der Waals surface area contributed by atoms with Crippen LogP contribution in [-0.2, 0) is 20.0 Å². The second-order valence-electron chi connectivity index (χ2n) is 6.31. The second-order valence-corrected chi connectivity index (χ2v) is 8.48. The van der Waals surface area contributed by atoms with Crippen molar-refractivity contribution in [2.24, 2.45) is 0 Å². The Morgan fingerprint density at radius 2 is 1.70 bits per heavy atom. The SMILES string of the molecule is CCOP(=O)(OCC)C(Cc1ccccc1)Oc1cccc2[nH]c(C)cc12. The summed E-state index contributed by atoms with van der Waals surface area (Å²) in [6, 6.07) is 17.6. The number of hydrogen-bond donors (Lipinski definition) is 1. The topological polar surface area (TPSA) is 60.6 Å². The van der Waals surface area contributed by atoms with Crippen molar-refractivity contribution in [1.82, 2.24) is 4.98 Å². The molecule has 0 bridgehead atoms. The average molecular weight is 387 g/mol. The van der Waals surface area contributed by atoms with Crippen LogP contribution in [-0.4, -0.2) is 24.0 Å². The van der Waals surface area contributed by atoms with Gasteiger partial charge in [-0.2, -0.15) is 0 Å². The van der Waals surface area contributed by atoms with Gasteiger partial charge in [-0.25, -0.2) is 0 Å². The van der Waals surface area contributed by atoms with E-state index in [-0.39, 0.29) is 0 Å². The van der Waals surface area contributed by atoms with Crippen molar-refractivity contribution in [3.05, 3.63) is 65.9 Å². The van der Waals surface area contributed by atoms with E-state index in [0.29, 0.717) is 25.4 Å². The summed E-state index contributed by atoms with van der Waals surface area (Å²) < 4.78 is 31.0. The molecule has 144 valence electrons. The fraction of sp³-hybridized carbons (Fsp3) is 0.333. The van der Waals surface area contributed by atoms with Crippen molar-refractivity contribution in [1.29, 1.82) is 0 Å². The zero-order chi connectivity index (χ0) is 19.3. The second kappa shape index (κ2) is 8.75. The number of H-pyrrole nitrogens is 1. The molecule has 0 fully saturated rings. The van der Waals surface area contributed by atoms with E-state index in [2.05, 4.69) is 4.98 Å². The van der Waals surface area contributed by atoms with Gasteiger partial charge in [0.25, 0.3) is 0 Å². The Kier molecular flexibility index (Phi) is 6.38. The van der Waals surface area contributed by atoms with E-state index in [9.17, 15) is 4.57 Å². The standard InChI is InChI=1S/C21H26NO4P/c1-4-24-27(23,25-5-2)21(15-17-10-7-6-8-11-17)26-20-13-9-12-19-18(20)14-16(3)22-19/h6-14,21-22H,4-5,15H2,1-3H3. The van der Waals surface area contributed by atoms with Gasteiger partial charge in [-0.15, -0.1) is 0 Å². The summed E-state index contributed by atoms with van der Waals surface area (Å²) in [7, 11) is -3.46. The number of benzene rings is 2. The van der Waals surface area contributed by atoms with E-state index in [1.807, 2.05) is 75.4 Å². The quantitative estimate of drug-likeness (QED) is 0.479. The van der Waals surface area contributed by atoms with Crippen molar-refractivity contribution in [3.63, 3.8) is 0 Å². The number of rotatable bonds is 9. The highest BCUT2D eigenvalue weighted by molar-refractivity contribution is 7.54. The van der Waals surface area contributed by atoms with Crippen LogP contribution in [0.5, 0.6) is 5.75 Å². The molecule has 0 saturated heterocycles. The van der Waals surface area contributed by atoms with Gasteiger partial charge in [0.15, 0.2) is 0 Å². The molecular formula is C21H26NO4P. The zero-order valence-corrected chi connectivity index (χ0v) is 16.9. The molecule has 5 nitrogen and oxygen atoms in total. The van der Waals surface area contributed by atoms with Crippen LogP contribution < -0.4 is 4.74 Å². The van der Waals surface area contributed by atoms with Crippen LogP contribution in [0.15, 0.2) is 54.6 Å². The van der Waals surface area contributed by atoms with Crippen molar-refractivity contribution in [2.75, 3.05) is 13.2 Å². The van der Waals surface area contributed by atoms with Gasteiger partial charge in [0.1, 0.15) is 5.75 Å². The molecule has 6 heteroatoms. The summed E-state index contributed by atoms with van der Waals surface area (Å²) in [5, 5.41) is 0.951. The fourth-order valence-electron chi connectivity index (χ4n) is 3.11. The Labute approximate surface area is 160 Å². The third-order valence-corrected chi connectivity index (χ3v) is 6.48. The molecule has 1 N–H and O–H groups in total. The minimum atomic E-state index is -3.46. The molecule has 27 heavy (non-hydrogen) atoms. The van der Waals surface area contributed by atoms with E-state index in [4.69, 9.17) is 13.8 Å². The van der Waals surface area contributed by atoms with Gasteiger partial charge in [0.05, 0.1) is 13.2 Å². The highest BCUT2D eigenvalue weighted by atomic mass is 31.2. The lowest BCUT2D eigenvalue weighted by molar-refractivity contribution is 0.161. The minimum Gasteiger partial charge on any atom is -0.477 e. The normalized spacial score (nSPS) is 13.0. The molecule has 3 rings (SSSR count). The smallest absolute Gasteiger partial charge is 0.371 e. The van der Waals surface area contributed by atoms with Crippen molar-refractivity contribution in [3.8, 4) is 5.75 Å². The van der Waals surface area contributed by atoms with Gasteiger partial charge in [0.2, 0.25) is 5.85 Å². The van der Waals surface area contributed by atoms with E-state index >= 15 is 0 Å². The van der Waals surface area contributed by atoms with Gasteiger partial charge in [-0.3, -0.25) is 4.57 Å². The highest BCUT2D eigenvalue weighted by Crippen LogP contribution is 2.54. The molecule has 0 saturated carbocycles. The lowest BCUT2D eigenvalue weighted by atomic mass is 10.1. The van der Waals surface area contributed by atoms with E-state index in [1.54, 1.807) is 0 Å².